The van der Waals surface area contributed by atoms with Gasteiger partial charge in [-0.05, 0) is 75.2 Å². The van der Waals surface area contributed by atoms with Crippen molar-refractivity contribution in [3.8, 4) is 5.75 Å². The van der Waals surface area contributed by atoms with E-state index in [-0.39, 0.29) is 28.9 Å². The van der Waals surface area contributed by atoms with Crippen molar-refractivity contribution in [1.29, 1.82) is 0 Å². The average molecular weight is 526 g/mol. The second-order valence-corrected chi connectivity index (χ2v) is 9.83. The molecule has 0 aliphatic carbocycles. The van der Waals surface area contributed by atoms with E-state index in [9.17, 15) is 24.6 Å². The summed E-state index contributed by atoms with van der Waals surface area (Å²) in [4.78, 5) is 47.1. The van der Waals surface area contributed by atoms with E-state index in [1.165, 1.54) is 23.1 Å². The Morgan fingerprint density at radius 3 is 2.41 bits per heavy atom. The molecule has 1 aromatic heterocycles. The molecule has 3 aromatic carbocycles. The number of aliphatic hydroxyl groups is 1. The summed E-state index contributed by atoms with van der Waals surface area (Å²) in [5, 5.41) is 20.8. The standard InChI is InChI=1S/C30H27N3O6/c1-15(2)39-23-11-9-19(13-17(23)4)26(34)24-25(18-7-5-6-16(3)12-18)33(28(36)27(24)35)30-31-21-10-8-20(29(37)38)14-22(21)32-30/h5-15,25,34H,1-4H3,(H,31,32)(H,37,38)/b26-24+. The number of aryl methyl sites for hydroxylation is 2. The van der Waals surface area contributed by atoms with Gasteiger partial charge < -0.3 is 19.9 Å². The molecule has 9 heteroatoms. The lowest BCUT2D eigenvalue weighted by molar-refractivity contribution is -0.132. The van der Waals surface area contributed by atoms with Crippen LogP contribution in [0.25, 0.3) is 16.8 Å². The quantitative estimate of drug-likeness (QED) is 0.177. The van der Waals surface area contributed by atoms with E-state index >= 15 is 0 Å². The maximum atomic E-state index is 13.5. The van der Waals surface area contributed by atoms with E-state index in [1.807, 2.05) is 45.9 Å². The minimum Gasteiger partial charge on any atom is -0.507 e. The number of carbonyl (C=O) groups excluding carboxylic acids is 2. The van der Waals surface area contributed by atoms with Crippen LogP contribution in [0.2, 0.25) is 0 Å². The number of amides is 1. The Hall–Kier alpha value is -4.92. The second kappa shape index (κ2) is 9.75. The van der Waals surface area contributed by atoms with Gasteiger partial charge in [0.2, 0.25) is 5.95 Å². The fourth-order valence-corrected chi connectivity index (χ4v) is 4.79. The van der Waals surface area contributed by atoms with Crippen LogP contribution in [0.5, 0.6) is 5.75 Å². The van der Waals surface area contributed by atoms with Crippen LogP contribution in [-0.2, 0) is 9.59 Å². The summed E-state index contributed by atoms with van der Waals surface area (Å²) >= 11 is 0. The number of hydrogen-bond donors (Lipinski definition) is 3. The highest BCUT2D eigenvalue weighted by atomic mass is 16.5. The molecule has 9 nitrogen and oxygen atoms in total. The number of aromatic nitrogens is 2. The van der Waals surface area contributed by atoms with Crippen LogP contribution in [0.4, 0.5) is 5.95 Å². The highest BCUT2D eigenvalue weighted by Crippen LogP contribution is 2.42. The summed E-state index contributed by atoms with van der Waals surface area (Å²) in [7, 11) is 0. The SMILES string of the molecule is Cc1cccc(C2/C(=C(\O)c3ccc(OC(C)C)c(C)c3)C(=O)C(=O)N2c2nc3ccc(C(=O)O)cc3[nH]2)c1. The number of aromatic amines is 1. The zero-order valence-corrected chi connectivity index (χ0v) is 21.9. The molecule has 1 aliphatic heterocycles. The number of benzene rings is 3. The number of aliphatic hydroxyl groups excluding tert-OH is 1. The third-order valence-electron chi connectivity index (χ3n) is 6.56. The van der Waals surface area contributed by atoms with Crippen molar-refractivity contribution in [2.45, 2.75) is 39.8 Å². The Bertz CT molecular complexity index is 1680. The molecule has 0 saturated carbocycles. The number of anilines is 1. The van der Waals surface area contributed by atoms with Crippen molar-refractivity contribution in [2.75, 3.05) is 4.90 Å². The van der Waals surface area contributed by atoms with E-state index in [4.69, 9.17) is 4.74 Å². The number of rotatable bonds is 6. The van der Waals surface area contributed by atoms with Gasteiger partial charge in [-0.2, -0.15) is 0 Å². The lowest BCUT2D eigenvalue weighted by Gasteiger charge is -2.23. The highest BCUT2D eigenvalue weighted by molar-refractivity contribution is 6.51. The Morgan fingerprint density at radius 1 is 1.00 bits per heavy atom. The molecule has 0 bridgehead atoms. The molecule has 1 fully saturated rings. The number of H-pyrrole nitrogens is 1. The van der Waals surface area contributed by atoms with Crippen LogP contribution in [-0.4, -0.2) is 43.9 Å². The first-order chi connectivity index (χ1) is 18.5. The highest BCUT2D eigenvalue weighted by Gasteiger charge is 2.48. The minimum atomic E-state index is -1.10. The van der Waals surface area contributed by atoms with Gasteiger partial charge in [0.1, 0.15) is 11.5 Å². The van der Waals surface area contributed by atoms with Crippen LogP contribution in [0.15, 0.2) is 66.2 Å². The van der Waals surface area contributed by atoms with E-state index in [0.29, 0.717) is 27.9 Å². The van der Waals surface area contributed by atoms with Crippen molar-refractivity contribution in [2.24, 2.45) is 0 Å². The first kappa shape index (κ1) is 25.7. The van der Waals surface area contributed by atoms with Gasteiger partial charge in [-0.1, -0.05) is 29.8 Å². The summed E-state index contributed by atoms with van der Waals surface area (Å²) in [5.74, 6) is -2.42. The number of hydrogen-bond acceptors (Lipinski definition) is 6. The molecule has 3 N–H and O–H groups in total. The Kier molecular flexibility index (Phi) is 6.43. The number of carbonyl (C=O) groups is 3. The predicted molar refractivity (Wildman–Crippen MR) is 146 cm³/mol. The van der Waals surface area contributed by atoms with Gasteiger partial charge >= 0.3 is 11.9 Å². The summed E-state index contributed by atoms with van der Waals surface area (Å²) in [5.41, 5.74) is 3.45. The Labute approximate surface area is 224 Å². The molecule has 39 heavy (non-hydrogen) atoms. The summed E-state index contributed by atoms with van der Waals surface area (Å²) < 4.78 is 5.80. The molecule has 1 aliphatic rings. The van der Waals surface area contributed by atoms with Crippen LogP contribution >= 0.6 is 0 Å². The largest absolute Gasteiger partial charge is 0.507 e. The number of nitrogens with one attached hydrogen (secondary N) is 1. The number of nitrogens with zero attached hydrogens (tertiary/aromatic N) is 2. The molecule has 5 rings (SSSR count). The third kappa shape index (κ3) is 4.63. The minimum absolute atomic E-state index is 0.0369. The summed E-state index contributed by atoms with van der Waals surface area (Å²) in [6.45, 7) is 7.56. The number of aromatic carboxylic acids is 1. The van der Waals surface area contributed by atoms with Crippen molar-refractivity contribution >= 4 is 40.4 Å². The van der Waals surface area contributed by atoms with Crippen LogP contribution in [0.3, 0.4) is 0 Å². The fraction of sp³-hybridized carbons (Fsp3) is 0.200. The van der Waals surface area contributed by atoms with Gasteiger partial charge in [0.15, 0.2) is 0 Å². The molecule has 1 atom stereocenters. The Balaban J connectivity index is 1.68. The Morgan fingerprint density at radius 2 is 1.74 bits per heavy atom. The van der Waals surface area contributed by atoms with Crippen LogP contribution in [0.1, 0.15) is 52.5 Å². The van der Waals surface area contributed by atoms with E-state index in [1.54, 1.807) is 24.3 Å². The number of ether oxygens (including phenoxy) is 1. The third-order valence-corrected chi connectivity index (χ3v) is 6.56. The predicted octanol–water partition coefficient (Wildman–Crippen LogP) is 5.29. The van der Waals surface area contributed by atoms with Crippen molar-refractivity contribution in [3.63, 3.8) is 0 Å². The lowest BCUT2D eigenvalue weighted by atomic mass is 9.94. The number of carboxylic acid groups (broad SMARTS) is 1. The number of ketones is 1. The molecule has 0 spiro atoms. The monoisotopic (exact) mass is 525 g/mol. The van der Waals surface area contributed by atoms with Gasteiger partial charge in [-0.15, -0.1) is 0 Å². The smallest absolute Gasteiger partial charge is 0.335 e. The summed E-state index contributed by atoms with van der Waals surface area (Å²) in [6, 6.07) is 15.8. The molecule has 1 amide bonds. The zero-order valence-electron chi connectivity index (χ0n) is 21.9. The topological polar surface area (TPSA) is 133 Å². The molecule has 0 radical (unpaired) electrons. The van der Waals surface area contributed by atoms with E-state index < -0.39 is 23.7 Å². The van der Waals surface area contributed by atoms with E-state index in [0.717, 1.165) is 11.1 Å². The van der Waals surface area contributed by atoms with E-state index in [2.05, 4.69) is 9.97 Å². The second-order valence-electron chi connectivity index (χ2n) is 9.83. The molecule has 2 heterocycles. The number of Topliss-reactive ketones (excluding diaryl/α,β-unsaturated/α-hetero) is 1. The molecule has 1 unspecified atom stereocenters. The van der Waals surface area contributed by atoms with Gasteiger partial charge in [0.25, 0.3) is 5.78 Å². The zero-order chi connectivity index (χ0) is 28.0. The van der Waals surface area contributed by atoms with Gasteiger partial charge in [0.05, 0.1) is 34.3 Å². The van der Waals surface area contributed by atoms with Crippen molar-refractivity contribution in [1.82, 2.24) is 9.97 Å². The summed E-state index contributed by atoms with van der Waals surface area (Å²) in [6.07, 6.45) is -0.0369. The first-order valence-electron chi connectivity index (χ1n) is 12.4. The lowest BCUT2D eigenvalue weighted by Crippen LogP contribution is -2.30. The molecule has 4 aromatic rings. The van der Waals surface area contributed by atoms with Gasteiger partial charge in [0, 0.05) is 5.56 Å². The average Bonchev–Trinajstić information content (AvgIpc) is 3.42. The first-order valence-corrected chi connectivity index (χ1v) is 12.4. The maximum Gasteiger partial charge on any atom is 0.335 e. The van der Waals surface area contributed by atoms with Gasteiger partial charge in [-0.25, -0.2) is 9.78 Å². The van der Waals surface area contributed by atoms with Crippen LogP contribution < -0.4 is 9.64 Å². The molecule has 1 saturated heterocycles. The van der Waals surface area contributed by atoms with Crippen molar-refractivity contribution < 1.29 is 29.3 Å². The number of carboxylic acids is 1. The molecule has 198 valence electrons. The van der Waals surface area contributed by atoms with Crippen LogP contribution in [0, 0.1) is 13.8 Å². The fourth-order valence-electron chi connectivity index (χ4n) is 4.79. The van der Waals surface area contributed by atoms with Crippen molar-refractivity contribution in [3.05, 3.63) is 94.1 Å². The number of fused-ring (bicyclic) bond motifs is 1. The molecular formula is C30H27N3O6. The number of imidazole rings is 1. The normalized spacial score (nSPS) is 16.8. The maximum absolute atomic E-state index is 13.5. The van der Waals surface area contributed by atoms with Gasteiger partial charge in [-0.3, -0.25) is 14.5 Å². The molecular weight excluding hydrogens is 498 g/mol.